The zero-order valence-corrected chi connectivity index (χ0v) is 25.8. The standard InChI is InChI=1S/C33H38F3N5O5/c1-37-32(45)22-12-13-27(29(19-22)46-2)38-16-6-7-24-20-25-26(8-5-9-28(25)41(24)21-33(34,35)36)39-23-14-17-40(18-15-23)30(42)10-3-4-11-31(43)44/h5,8-9,12-13,19-20,23,38-39H,3-4,10-11,14-18,21H2,1-2H3,(H,37,45)(H,43,44). The van der Waals surface area contributed by atoms with Crippen molar-refractivity contribution < 1.29 is 37.4 Å². The molecule has 1 aromatic heterocycles. The number of aromatic nitrogens is 1. The highest BCUT2D eigenvalue weighted by atomic mass is 19.4. The molecule has 13 heteroatoms. The van der Waals surface area contributed by atoms with E-state index in [1.54, 1.807) is 41.3 Å². The summed E-state index contributed by atoms with van der Waals surface area (Å²) in [6.07, 6.45) is -1.76. The molecule has 1 aliphatic rings. The van der Waals surface area contributed by atoms with E-state index in [2.05, 4.69) is 27.8 Å². The number of hydrogen-bond acceptors (Lipinski definition) is 6. The molecule has 0 atom stereocenters. The Hall–Kier alpha value is -4.86. The van der Waals surface area contributed by atoms with Crippen LogP contribution in [-0.2, 0) is 16.1 Å². The first kappa shape index (κ1) is 34.0. The second-order valence-corrected chi connectivity index (χ2v) is 11.0. The van der Waals surface area contributed by atoms with Crippen LogP contribution in [0.2, 0.25) is 0 Å². The van der Waals surface area contributed by atoms with Gasteiger partial charge >= 0.3 is 12.1 Å². The fourth-order valence-electron chi connectivity index (χ4n) is 5.46. The molecule has 10 nitrogen and oxygen atoms in total. The number of likely N-dealkylation sites (tertiary alicyclic amines) is 1. The third kappa shape index (κ3) is 9.09. The number of rotatable bonds is 12. The minimum absolute atomic E-state index is 0.00669. The Balaban J connectivity index is 1.46. The van der Waals surface area contributed by atoms with Crippen LogP contribution < -0.4 is 20.7 Å². The van der Waals surface area contributed by atoms with E-state index in [9.17, 15) is 27.6 Å². The lowest BCUT2D eigenvalue weighted by molar-refractivity contribution is -0.140. The lowest BCUT2D eigenvalue weighted by Gasteiger charge is -2.33. The summed E-state index contributed by atoms with van der Waals surface area (Å²) in [7, 11) is 3.00. The predicted molar refractivity (Wildman–Crippen MR) is 169 cm³/mol. The smallest absolute Gasteiger partial charge is 0.406 e. The maximum atomic E-state index is 13.6. The predicted octanol–water partition coefficient (Wildman–Crippen LogP) is 5.08. The zero-order valence-electron chi connectivity index (χ0n) is 25.8. The van der Waals surface area contributed by atoms with Crippen LogP contribution in [0.3, 0.4) is 0 Å². The van der Waals surface area contributed by atoms with Crippen LogP contribution in [0.5, 0.6) is 5.75 Å². The number of methoxy groups -OCH3 is 1. The number of nitrogens with one attached hydrogen (secondary N) is 3. The van der Waals surface area contributed by atoms with Crippen LogP contribution in [0, 0.1) is 11.8 Å². The van der Waals surface area contributed by atoms with Crippen molar-refractivity contribution in [2.45, 2.75) is 57.3 Å². The number of ether oxygens (including phenoxy) is 1. The van der Waals surface area contributed by atoms with E-state index in [-0.39, 0.29) is 36.5 Å². The average molecular weight is 642 g/mol. The number of carbonyl (C=O) groups is 3. The first-order valence-corrected chi connectivity index (χ1v) is 15.1. The number of piperidine rings is 1. The molecule has 0 saturated carbocycles. The molecule has 0 unspecified atom stereocenters. The minimum Gasteiger partial charge on any atom is -0.495 e. The van der Waals surface area contributed by atoms with Crippen LogP contribution in [0.1, 0.15) is 54.6 Å². The molecule has 0 bridgehead atoms. The van der Waals surface area contributed by atoms with Crippen LogP contribution in [0.15, 0.2) is 42.5 Å². The molecule has 0 aliphatic carbocycles. The highest BCUT2D eigenvalue weighted by Gasteiger charge is 2.30. The van der Waals surface area contributed by atoms with Gasteiger partial charge in [-0.05, 0) is 68.0 Å². The molecule has 1 aliphatic heterocycles. The van der Waals surface area contributed by atoms with Gasteiger partial charge in [-0.3, -0.25) is 14.4 Å². The van der Waals surface area contributed by atoms with Gasteiger partial charge < -0.3 is 35.3 Å². The number of alkyl halides is 3. The molecule has 2 aromatic carbocycles. The summed E-state index contributed by atoms with van der Waals surface area (Å²) in [6, 6.07) is 11.7. The number of halogens is 3. The molecule has 0 spiro atoms. The van der Waals surface area contributed by atoms with Gasteiger partial charge in [-0.25, -0.2) is 0 Å². The first-order valence-electron chi connectivity index (χ1n) is 15.1. The van der Waals surface area contributed by atoms with Gasteiger partial charge in [-0.1, -0.05) is 12.0 Å². The molecule has 246 valence electrons. The largest absolute Gasteiger partial charge is 0.495 e. The van der Waals surface area contributed by atoms with Crippen molar-refractivity contribution >= 4 is 40.1 Å². The number of unbranched alkanes of at least 4 members (excludes halogenated alkanes) is 1. The van der Waals surface area contributed by atoms with Crippen molar-refractivity contribution in [1.82, 2.24) is 14.8 Å². The van der Waals surface area contributed by atoms with Crippen LogP contribution in [-0.4, -0.2) is 78.4 Å². The number of hydrogen-bond donors (Lipinski definition) is 4. The van der Waals surface area contributed by atoms with Gasteiger partial charge in [0.2, 0.25) is 5.91 Å². The summed E-state index contributed by atoms with van der Waals surface area (Å²) in [5.74, 6) is 5.09. The van der Waals surface area contributed by atoms with Gasteiger partial charge in [0, 0.05) is 55.7 Å². The highest BCUT2D eigenvalue weighted by Crippen LogP contribution is 2.31. The molecular formula is C33H38F3N5O5. The molecule has 2 amide bonds. The maximum absolute atomic E-state index is 13.6. The summed E-state index contributed by atoms with van der Waals surface area (Å²) < 4.78 is 47.5. The summed E-state index contributed by atoms with van der Waals surface area (Å²) in [5.41, 5.74) is 2.31. The van der Waals surface area contributed by atoms with Crippen molar-refractivity contribution in [2.75, 3.05) is 44.4 Å². The fraction of sp³-hybridized carbons (Fsp3) is 0.424. The molecule has 0 radical (unpaired) electrons. The first-order chi connectivity index (χ1) is 22.0. The molecule has 2 heterocycles. The summed E-state index contributed by atoms with van der Waals surface area (Å²) in [6.45, 7) is 0.0113. The Morgan fingerprint density at radius 2 is 1.78 bits per heavy atom. The molecule has 3 aromatic rings. The lowest BCUT2D eigenvalue weighted by atomic mass is 10.0. The molecule has 46 heavy (non-hydrogen) atoms. The Morgan fingerprint density at radius 3 is 2.46 bits per heavy atom. The van der Waals surface area contributed by atoms with Gasteiger partial charge in [0.15, 0.2) is 0 Å². The van der Waals surface area contributed by atoms with E-state index in [0.29, 0.717) is 78.8 Å². The van der Waals surface area contributed by atoms with Gasteiger partial charge in [0.1, 0.15) is 12.3 Å². The van der Waals surface area contributed by atoms with Crippen LogP contribution in [0.4, 0.5) is 24.5 Å². The number of carboxylic acids is 1. The molecule has 4 rings (SSSR count). The number of carboxylic acid groups (broad SMARTS) is 1. The zero-order chi connectivity index (χ0) is 33.3. The Bertz CT molecular complexity index is 1620. The molecule has 1 saturated heterocycles. The third-order valence-corrected chi connectivity index (χ3v) is 7.80. The quantitative estimate of drug-likeness (QED) is 0.161. The number of anilines is 2. The van der Waals surface area contributed by atoms with Gasteiger partial charge in [-0.2, -0.15) is 13.2 Å². The van der Waals surface area contributed by atoms with E-state index >= 15 is 0 Å². The van der Waals surface area contributed by atoms with Gasteiger partial charge in [0.25, 0.3) is 5.91 Å². The normalized spacial score (nSPS) is 13.5. The van der Waals surface area contributed by atoms with E-state index in [1.807, 2.05) is 6.07 Å². The topological polar surface area (TPSA) is 125 Å². The van der Waals surface area contributed by atoms with Gasteiger partial charge in [-0.15, -0.1) is 0 Å². The Morgan fingerprint density at radius 1 is 1.04 bits per heavy atom. The number of fused-ring (bicyclic) bond motifs is 1. The fourth-order valence-corrected chi connectivity index (χ4v) is 5.46. The number of carbonyl (C=O) groups excluding carboxylic acids is 2. The van der Waals surface area contributed by atoms with Crippen molar-refractivity contribution in [3.05, 3.63) is 53.7 Å². The number of aliphatic carboxylic acids is 1. The maximum Gasteiger partial charge on any atom is 0.406 e. The SMILES string of the molecule is CNC(=O)c1ccc(NCC#Cc2cc3c(NC4CCN(C(=O)CCCCC(=O)O)CC4)cccc3n2CC(F)(F)F)c(OC)c1. The Labute approximate surface area is 265 Å². The van der Waals surface area contributed by atoms with Gasteiger partial charge in [0.05, 0.1) is 30.6 Å². The van der Waals surface area contributed by atoms with Crippen molar-refractivity contribution in [3.63, 3.8) is 0 Å². The minimum atomic E-state index is -4.46. The third-order valence-electron chi connectivity index (χ3n) is 7.80. The summed E-state index contributed by atoms with van der Waals surface area (Å²) >= 11 is 0. The van der Waals surface area contributed by atoms with Crippen LogP contribution >= 0.6 is 0 Å². The summed E-state index contributed by atoms with van der Waals surface area (Å²) in [4.78, 5) is 36.9. The molecular weight excluding hydrogens is 603 g/mol. The van der Waals surface area contributed by atoms with Crippen molar-refractivity contribution in [1.29, 1.82) is 0 Å². The van der Waals surface area contributed by atoms with E-state index < -0.39 is 18.7 Å². The van der Waals surface area contributed by atoms with E-state index in [4.69, 9.17) is 9.84 Å². The second-order valence-electron chi connectivity index (χ2n) is 11.0. The molecule has 1 fully saturated rings. The number of amides is 2. The number of benzene rings is 2. The highest BCUT2D eigenvalue weighted by molar-refractivity contribution is 5.95. The monoisotopic (exact) mass is 641 g/mol. The second kappa shape index (κ2) is 15.4. The van der Waals surface area contributed by atoms with Crippen molar-refractivity contribution in [2.24, 2.45) is 0 Å². The number of nitrogens with zero attached hydrogens (tertiary/aromatic N) is 2. The van der Waals surface area contributed by atoms with Crippen molar-refractivity contribution in [3.8, 4) is 17.6 Å². The summed E-state index contributed by atoms with van der Waals surface area (Å²) in [5, 5.41) is 18.5. The van der Waals surface area contributed by atoms with Crippen LogP contribution in [0.25, 0.3) is 10.9 Å². The molecule has 4 N–H and O–H groups in total. The lowest BCUT2D eigenvalue weighted by Crippen LogP contribution is -2.42. The van der Waals surface area contributed by atoms with E-state index in [0.717, 1.165) is 4.57 Å². The Kier molecular flexibility index (Phi) is 11.4. The van der Waals surface area contributed by atoms with E-state index in [1.165, 1.54) is 14.2 Å². The average Bonchev–Trinajstić information content (AvgIpc) is 3.37.